The summed E-state index contributed by atoms with van der Waals surface area (Å²) in [6, 6.07) is 4.04. The number of furan rings is 1. The van der Waals surface area contributed by atoms with Crippen LogP contribution < -0.4 is 0 Å². The molecular formula is C12H18N2O. The SMILES string of the molecule is CN1CC2CN(Cc3ccco3)CC2C1. The zero-order valence-electron chi connectivity index (χ0n) is 9.22. The molecule has 3 heteroatoms. The Kier molecular flexibility index (Phi) is 2.29. The lowest BCUT2D eigenvalue weighted by Gasteiger charge is -2.17. The maximum absolute atomic E-state index is 5.39. The molecule has 3 nitrogen and oxygen atoms in total. The molecule has 0 aromatic carbocycles. The molecular weight excluding hydrogens is 188 g/mol. The minimum atomic E-state index is 0.893. The largest absolute Gasteiger partial charge is 0.468 e. The molecule has 3 rings (SSSR count). The van der Waals surface area contributed by atoms with Gasteiger partial charge in [-0.1, -0.05) is 0 Å². The first kappa shape index (κ1) is 9.43. The Bertz CT molecular complexity index is 308. The molecule has 3 heterocycles. The quantitative estimate of drug-likeness (QED) is 0.726. The third-order valence-corrected chi connectivity index (χ3v) is 3.70. The Hall–Kier alpha value is -0.800. The maximum atomic E-state index is 5.39. The average molecular weight is 206 g/mol. The van der Waals surface area contributed by atoms with E-state index in [0.717, 1.165) is 24.1 Å². The van der Waals surface area contributed by atoms with Gasteiger partial charge in [-0.2, -0.15) is 0 Å². The van der Waals surface area contributed by atoms with Crippen LogP contribution >= 0.6 is 0 Å². The highest BCUT2D eigenvalue weighted by Crippen LogP contribution is 2.30. The number of fused-ring (bicyclic) bond motifs is 1. The van der Waals surface area contributed by atoms with Crippen molar-refractivity contribution < 1.29 is 4.42 Å². The van der Waals surface area contributed by atoms with Crippen molar-refractivity contribution in [1.29, 1.82) is 0 Å². The van der Waals surface area contributed by atoms with E-state index >= 15 is 0 Å². The van der Waals surface area contributed by atoms with Gasteiger partial charge in [0.2, 0.25) is 0 Å². The Morgan fingerprint density at radius 1 is 1.27 bits per heavy atom. The highest BCUT2D eigenvalue weighted by Gasteiger charge is 2.38. The molecule has 2 saturated heterocycles. The van der Waals surface area contributed by atoms with Crippen LogP contribution in [0.5, 0.6) is 0 Å². The fourth-order valence-corrected chi connectivity index (χ4v) is 3.08. The number of rotatable bonds is 2. The maximum Gasteiger partial charge on any atom is 0.117 e. The predicted octanol–water partition coefficient (Wildman–Crippen LogP) is 1.27. The highest BCUT2D eigenvalue weighted by atomic mass is 16.3. The van der Waals surface area contributed by atoms with Gasteiger partial charge in [0.25, 0.3) is 0 Å². The smallest absolute Gasteiger partial charge is 0.117 e. The van der Waals surface area contributed by atoms with Crippen molar-refractivity contribution in [3.63, 3.8) is 0 Å². The van der Waals surface area contributed by atoms with Gasteiger partial charge in [-0.05, 0) is 31.0 Å². The Morgan fingerprint density at radius 2 is 2.00 bits per heavy atom. The van der Waals surface area contributed by atoms with Crippen LogP contribution in [0.2, 0.25) is 0 Å². The molecule has 2 unspecified atom stereocenters. The molecule has 0 aliphatic carbocycles. The van der Waals surface area contributed by atoms with Crippen LogP contribution in [0.4, 0.5) is 0 Å². The second-order valence-corrected chi connectivity index (χ2v) is 5.01. The minimum absolute atomic E-state index is 0.893. The standard InChI is InChI=1S/C12H18N2O/c1-13-5-10-7-14(8-11(10)6-13)9-12-3-2-4-15-12/h2-4,10-11H,5-9H2,1H3. The number of hydrogen-bond acceptors (Lipinski definition) is 3. The zero-order valence-corrected chi connectivity index (χ0v) is 9.22. The van der Waals surface area contributed by atoms with Crippen LogP contribution in [0.25, 0.3) is 0 Å². The van der Waals surface area contributed by atoms with E-state index < -0.39 is 0 Å². The number of nitrogens with zero attached hydrogens (tertiary/aromatic N) is 2. The van der Waals surface area contributed by atoms with Crippen molar-refractivity contribution in [2.45, 2.75) is 6.54 Å². The second-order valence-electron chi connectivity index (χ2n) is 5.01. The summed E-state index contributed by atoms with van der Waals surface area (Å²) >= 11 is 0. The molecule has 2 aliphatic heterocycles. The van der Waals surface area contributed by atoms with Gasteiger partial charge in [-0.15, -0.1) is 0 Å². The van der Waals surface area contributed by atoms with E-state index in [1.54, 1.807) is 6.26 Å². The summed E-state index contributed by atoms with van der Waals surface area (Å²) in [7, 11) is 2.23. The summed E-state index contributed by atoms with van der Waals surface area (Å²) in [6.07, 6.45) is 1.76. The van der Waals surface area contributed by atoms with Crippen LogP contribution in [0.3, 0.4) is 0 Å². The molecule has 0 saturated carbocycles. The van der Waals surface area contributed by atoms with Crippen LogP contribution in [0.1, 0.15) is 5.76 Å². The van der Waals surface area contributed by atoms with Crippen molar-refractivity contribution in [2.24, 2.45) is 11.8 Å². The van der Waals surface area contributed by atoms with Crippen molar-refractivity contribution in [3.05, 3.63) is 24.2 Å². The van der Waals surface area contributed by atoms with Gasteiger partial charge in [0.15, 0.2) is 0 Å². The molecule has 0 radical (unpaired) electrons. The Labute approximate surface area is 90.7 Å². The van der Waals surface area contributed by atoms with Crippen molar-refractivity contribution in [2.75, 3.05) is 33.2 Å². The van der Waals surface area contributed by atoms with Crippen molar-refractivity contribution in [1.82, 2.24) is 9.80 Å². The second kappa shape index (κ2) is 3.65. The van der Waals surface area contributed by atoms with Gasteiger partial charge in [0.05, 0.1) is 12.8 Å². The minimum Gasteiger partial charge on any atom is -0.468 e. The van der Waals surface area contributed by atoms with Crippen LogP contribution in [-0.2, 0) is 6.54 Å². The van der Waals surface area contributed by atoms with Gasteiger partial charge in [0.1, 0.15) is 5.76 Å². The third-order valence-electron chi connectivity index (χ3n) is 3.70. The summed E-state index contributed by atoms with van der Waals surface area (Å²) in [5.74, 6) is 2.89. The molecule has 2 fully saturated rings. The van der Waals surface area contributed by atoms with Crippen molar-refractivity contribution in [3.8, 4) is 0 Å². The van der Waals surface area contributed by atoms with Gasteiger partial charge in [0, 0.05) is 26.2 Å². The monoisotopic (exact) mass is 206 g/mol. The molecule has 0 amide bonds. The predicted molar refractivity (Wildman–Crippen MR) is 58.5 cm³/mol. The van der Waals surface area contributed by atoms with Gasteiger partial charge < -0.3 is 9.32 Å². The van der Waals surface area contributed by atoms with Gasteiger partial charge in [-0.3, -0.25) is 4.90 Å². The molecule has 0 bridgehead atoms. The van der Waals surface area contributed by atoms with Crippen LogP contribution in [0.15, 0.2) is 22.8 Å². The normalized spacial score (nSPS) is 32.3. The fourth-order valence-electron chi connectivity index (χ4n) is 3.08. The molecule has 1 aromatic rings. The van der Waals surface area contributed by atoms with Crippen LogP contribution in [0, 0.1) is 11.8 Å². The number of hydrogen-bond donors (Lipinski definition) is 0. The Morgan fingerprint density at radius 3 is 2.60 bits per heavy atom. The van der Waals surface area contributed by atoms with E-state index in [1.165, 1.54) is 26.2 Å². The molecule has 2 aliphatic rings. The summed E-state index contributed by atoms with van der Waals surface area (Å²) in [5.41, 5.74) is 0. The van der Waals surface area contributed by atoms with E-state index in [0.29, 0.717) is 0 Å². The topological polar surface area (TPSA) is 19.6 Å². The molecule has 82 valence electrons. The van der Waals surface area contributed by atoms with E-state index in [2.05, 4.69) is 22.9 Å². The molecule has 0 N–H and O–H groups in total. The van der Waals surface area contributed by atoms with Gasteiger partial charge in [-0.25, -0.2) is 0 Å². The van der Waals surface area contributed by atoms with Crippen LogP contribution in [-0.4, -0.2) is 43.0 Å². The van der Waals surface area contributed by atoms with E-state index in [-0.39, 0.29) is 0 Å². The van der Waals surface area contributed by atoms with E-state index in [9.17, 15) is 0 Å². The molecule has 2 atom stereocenters. The zero-order chi connectivity index (χ0) is 10.3. The molecule has 1 aromatic heterocycles. The summed E-state index contributed by atoms with van der Waals surface area (Å²) in [6.45, 7) is 6.04. The first-order valence-electron chi connectivity index (χ1n) is 5.74. The molecule has 0 spiro atoms. The Balaban J connectivity index is 1.59. The average Bonchev–Trinajstić information content (AvgIpc) is 2.81. The van der Waals surface area contributed by atoms with Crippen molar-refractivity contribution >= 4 is 0 Å². The summed E-state index contributed by atoms with van der Waals surface area (Å²) in [4.78, 5) is 4.99. The first-order valence-corrected chi connectivity index (χ1v) is 5.74. The van der Waals surface area contributed by atoms with E-state index in [1.807, 2.05) is 6.07 Å². The number of likely N-dealkylation sites (tertiary alicyclic amines) is 2. The first-order chi connectivity index (χ1) is 7.31. The lowest BCUT2D eigenvalue weighted by atomic mass is 10.0. The molecule has 15 heavy (non-hydrogen) atoms. The summed E-state index contributed by atoms with van der Waals surface area (Å²) in [5, 5.41) is 0. The van der Waals surface area contributed by atoms with E-state index in [4.69, 9.17) is 4.42 Å². The third kappa shape index (κ3) is 1.82. The highest BCUT2D eigenvalue weighted by molar-refractivity contribution is 5.00. The lowest BCUT2D eigenvalue weighted by molar-refractivity contribution is 0.254. The lowest BCUT2D eigenvalue weighted by Crippen LogP contribution is -2.26. The fraction of sp³-hybridized carbons (Fsp3) is 0.667. The summed E-state index contributed by atoms with van der Waals surface area (Å²) < 4.78 is 5.39. The van der Waals surface area contributed by atoms with Gasteiger partial charge >= 0.3 is 0 Å².